The van der Waals surface area contributed by atoms with Gasteiger partial charge in [0.25, 0.3) is 5.56 Å². The molecule has 2 aromatic heterocycles. The summed E-state index contributed by atoms with van der Waals surface area (Å²) < 4.78 is 7.71. The molecule has 21 heavy (non-hydrogen) atoms. The lowest BCUT2D eigenvalue weighted by atomic mass is 10.2. The Kier molecular flexibility index (Phi) is 4.57. The summed E-state index contributed by atoms with van der Waals surface area (Å²) in [5.74, 6) is 0. The van der Waals surface area contributed by atoms with Gasteiger partial charge in [0.15, 0.2) is 4.77 Å². The second-order valence-electron chi connectivity index (χ2n) is 5.41. The molecule has 0 radical (unpaired) electrons. The lowest BCUT2D eigenvalue weighted by Crippen LogP contribution is -2.24. The van der Waals surface area contributed by atoms with E-state index in [0.29, 0.717) is 17.9 Å². The maximum atomic E-state index is 12.7. The van der Waals surface area contributed by atoms with Crippen LogP contribution in [0.5, 0.6) is 0 Å². The largest absolute Gasteiger partial charge is 0.380 e. The van der Waals surface area contributed by atoms with Crippen molar-refractivity contribution in [2.24, 2.45) is 0 Å². The van der Waals surface area contributed by atoms with E-state index in [1.165, 1.54) is 10.4 Å². The zero-order valence-corrected chi connectivity index (χ0v) is 13.9. The molecule has 4 nitrogen and oxygen atoms in total. The van der Waals surface area contributed by atoms with E-state index in [2.05, 4.69) is 11.9 Å². The Labute approximate surface area is 132 Å². The predicted molar refractivity (Wildman–Crippen MR) is 89.0 cm³/mol. The summed E-state index contributed by atoms with van der Waals surface area (Å²) in [6, 6.07) is 0. The van der Waals surface area contributed by atoms with Crippen molar-refractivity contribution in [3.05, 3.63) is 25.6 Å². The third kappa shape index (κ3) is 2.84. The van der Waals surface area contributed by atoms with Crippen LogP contribution in [0.4, 0.5) is 0 Å². The van der Waals surface area contributed by atoms with Crippen LogP contribution in [-0.4, -0.2) is 22.8 Å². The number of aromatic amines is 1. The summed E-state index contributed by atoms with van der Waals surface area (Å²) >= 11 is 7.02. The zero-order chi connectivity index (χ0) is 14.8. The molecule has 0 atom stereocenters. The van der Waals surface area contributed by atoms with Gasteiger partial charge in [0.1, 0.15) is 4.83 Å². The lowest BCUT2D eigenvalue weighted by Gasteiger charge is -2.07. The van der Waals surface area contributed by atoms with Crippen molar-refractivity contribution in [1.29, 1.82) is 0 Å². The van der Waals surface area contributed by atoms with E-state index in [-0.39, 0.29) is 5.56 Å². The molecule has 0 saturated heterocycles. The Morgan fingerprint density at radius 2 is 2.24 bits per heavy atom. The number of ether oxygens (including phenoxy) is 1. The van der Waals surface area contributed by atoms with Crippen LogP contribution < -0.4 is 5.56 Å². The fourth-order valence-corrected chi connectivity index (χ4v) is 4.44. The monoisotopic (exact) mass is 324 g/mol. The van der Waals surface area contributed by atoms with Gasteiger partial charge in [0.05, 0.1) is 18.5 Å². The van der Waals surface area contributed by atoms with E-state index in [4.69, 9.17) is 17.0 Å². The quantitative estimate of drug-likeness (QED) is 0.654. The first kappa shape index (κ1) is 14.9. The molecule has 1 aliphatic carbocycles. The number of hydrogen-bond donors (Lipinski definition) is 1. The summed E-state index contributed by atoms with van der Waals surface area (Å²) in [4.78, 5) is 18.2. The van der Waals surface area contributed by atoms with Gasteiger partial charge in [-0.3, -0.25) is 9.36 Å². The molecule has 1 aliphatic rings. The molecule has 0 bridgehead atoms. The van der Waals surface area contributed by atoms with E-state index in [1.54, 1.807) is 15.9 Å². The Morgan fingerprint density at radius 1 is 1.38 bits per heavy atom. The summed E-state index contributed by atoms with van der Waals surface area (Å²) in [6.45, 7) is 3.95. The number of aryl methyl sites for hydroxylation is 2. The van der Waals surface area contributed by atoms with Crippen LogP contribution in [0.1, 0.15) is 36.6 Å². The number of H-pyrrole nitrogens is 1. The molecule has 0 unspecified atom stereocenters. The number of aromatic nitrogens is 2. The molecule has 0 aliphatic heterocycles. The normalized spacial score (nSPS) is 14.0. The standard InChI is InChI=1S/C15H20N2O2S2/c1-2-3-8-19-9-7-17-14(18)12-10-5-4-6-11(10)21-13(12)16-15(17)20/h2-9H2,1H3,(H,16,20). The molecule has 6 heteroatoms. The highest BCUT2D eigenvalue weighted by molar-refractivity contribution is 7.71. The predicted octanol–water partition coefficient (Wildman–Crippen LogP) is 3.43. The van der Waals surface area contributed by atoms with Crippen molar-refractivity contribution >= 4 is 33.8 Å². The highest BCUT2D eigenvalue weighted by Crippen LogP contribution is 2.34. The van der Waals surface area contributed by atoms with Crippen molar-refractivity contribution in [2.45, 2.75) is 45.6 Å². The van der Waals surface area contributed by atoms with Gasteiger partial charge in [-0.2, -0.15) is 0 Å². The summed E-state index contributed by atoms with van der Waals surface area (Å²) in [5, 5.41) is 0.856. The van der Waals surface area contributed by atoms with Crippen molar-refractivity contribution in [3.63, 3.8) is 0 Å². The zero-order valence-electron chi connectivity index (χ0n) is 12.2. The lowest BCUT2D eigenvalue weighted by molar-refractivity contribution is 0.122. The Bertz CT molecular complexity index is 757. The first-order chi connectivity index (χ1) is 10.2. The second-order valence-corrected chi connectivity index (χ2v) is 6.91. The average Bonchev–Trinajstić information content (AvgIpc) is 3.01. The van der Waals surface area contributed by atoms with E-state index >= 15 is 0 Å². The maximum absolute atomic E-state index is 12.7. The van der Waals surface area contributed by atoms with Crippen LogP contribution >= 0.6 is 23.6 Å². The van der Waals surface area contributed by atoms with Crippen LogP contribution in [0.2, 0.25) is 0 Å². The van der Waals surface area contributed by atoms with Gasteiger partial charge in [-0.1, -0.05) is 13.3 Å². The minimum atomic E-state index is 0.0484. The minimum absolute atomic E-state index is 0.0484. The van der Waals surface area contributed by atoms with Gasteiger partial charge in [-0.25, -0.2) is 0 Å². The summed E-state index contributed by atoms with van der Waals surface area (Å²) in [6.07, 6.45) is 5.44. The van der Waals surface area contributed by atoms with Gasteiger partial charge in [0, 0.05) is 11.5 Å². The second kappa shape index (κ2) is 6.42. The number of unbranched alkanes of at least 4 members (excludes halogenated alkanes) is 1. The number of nitrogens with zero attached hydrogens (tertiary/aromatic N) is 1. The van der Waals surface area contributed by atoms with E-state index in [0.717, 1.165) is 48.9 Å². The molecule has 3 rings (SSSR count). The number of hydrogen-bond acceptors (Lipinski definition) is 4. The number of rotatable bonds is 6. The van der Waals surface area contributed by atoms with Gasteiger partial charge >= 0.3 is 0 Å². The maximum Gasteiger partial charge on any atom is 0.263 e. The number of fused-ring (bicyclic) bond motifs is 3. The molecular weight excluding hydrogens is 304 g/mol. The smallest absolute Gasteiger partial charge is 0.263 e. The van der Waals surface area contributed by atoms with Gasteiger partial charge in [-0.15, -0.1) is 11.3 Å². The highest BCUT2D eigenvalue weighted by atomic mass is 32.1. The molecule has 114 valence electrons. The van der Waals surface area contributed by atoms with Crippen molar-refractivity contribution < 1.29 is 4.74 Å². The molecule has 0 saturated carbocycles. The first-order valence-electron chi connectivity index (χ1n) is 7.57. The topological polar surface area (TPSA) is 47.0 Å². The van der Waals surface area contributed by atoms with E-state index < -0.39 is 0 Å². The average molecular weight is 324 g/mol. The molecule has 2 heterocycles. The van der Waals surface area contributed by atoms with Crippen LogP contribution in [-0.2, 0) is 24.1 Å². The molecule has 0 amide bonds. The fraction of sp³-hybridized carbons (Fsp3) is 0.600. The molecule has 0 aromatic carbocycles. The Hall–Kier alpha value is -0.980. The third-order valence-corrected chi connectivity index (χ3v) is 5.48. The van der Waals surface area contributed by atoms with Crippen molar-refractivity contribution in [2.75, 3.05) is 13.2 Å². The summed E-state index contributed by atoms with van der Waals surface area (Å²) in [7, 11) is 0. The van der Waals surface area contributed by atoms with E-state index in [1.807, 2.05) is 0 Å². The van der Waals surface area contributed by atoms with Crippen LogP contribution in [0.25, 0.3) is 10.2 Å². The highest BCUT2D eigenvalue weighted by Gasteiger charge is 2.21. The molecule has 1 N–H and O–H groups in total. The Balaban J connectivity index is 1.88. The van der Waals surface area contributed by atoms with Gasteiger partial charge in [-0.05, 0) is 43.5 Å². The molecule has 2 aromatic rings. The molecule has 0 fully saturated rings. The van der Waals surface area contributed by atoms with E-state index in [9.17, 15) is 4.79 Å². The molecule has 0 spiro atoms. The van der Waals surface area contributed by atoms with Crippen molar-refractivity contribution in [3.8, 4) is 0 Å². The van der Waals surface area contributed by atoms with Gasteiger partial charge in [0.2, 0.25) is 0 Å². The van der Waals surface area contributed by atoms with Crippen LogP contribution in [0.3, 0.4) is 0 Å². The Morgan fingerprint density at radius 3 is 3.05 bits per heavy atom. The third-order valence-electron chi connectivity index (χ3n) is 3.95. The first-order valence-corrected chi connectivity index (χ1v) is 8.80. The SMILES string of the molecule is CCCCOCCn1c(=S)[nH]c2sc3c(c2c1=O)CCC3. The van der Waals surface area contributed by atoms with Crippen LogP contribution in [0, 0.1) is 4.77 Å². The minimum Gasteiger partial charge on any atom is -0.380 e. The fourth-order valence-electron chi connectivity index (χ4n) is 2.82. The van der Waals surface area contributed by atoms with Crippen LogP contribution in [0.15, 0.2) is 4.79 Å². The van der Waals surface area contributed by atoms with Crippen molar-refractivity contribution in [1.82, 2.24) is 9.55 Å². The molecular formula is C15H20N2O2S2. The number of thiophene rings is 1. The number of nitrogens with one attached hydrogen (secondary N) is 1. The van der Waals surface area contributed by atoms with Gasteiger partial charge < -0.3 is 9.72 Å². The summed E-state index contributed by atoms with van der Waals surface area (Å²) in [5.41, 5.74) is 1.29.